The molecule has 0 aromatic carbocycles. The molecule has 1 fully saturated rings. The molecule has 22 heavy (non-hydrogen) atoms. The predicted molar refractivity (Wildman–Crippen MR) is 96.5 cm³/mol. The van der Waals surface area contributed by atoms with Gasteiger partial charge in [0.05, 0.1) is 0 Å². The zero-order valence-corrected chi connectivity index (χ0v) is 15.0. The Kier molecular flexibility index (Phi) is 5.21. The minimum absolute atomic E-state index is 0.0852. The number of aromatic nitrogens is 2. The monoisotopic (exact) mass is 321 g/mol. The molecule has 0 saturated carbocycles. The van der Waals surface area contributed by atoms with E-state index in [1.165, 1.54) is 19.3 Å². The van der Waals surface area contributed by atoms with Crippen molar-refractivity contribution in [1.29, 1.82) is 0 Å². The summed E-state index contributed by atoms with van der Waals surface area (Å²) in [5, 5.41) is 6.88. The average Bonchev–Trinajstić information content (AvgIpc) is 2.35. The summed E-state index contributed by atoms with van der Waals surface area (Å²) in [7, 11) is 0. The molecule has 0 radical (unpaired) electrons. The van der Waals surface area contributed by atoms with E-state index >= 15 is 0 Å². The predicted octanol–water partition coefficient (Wildman–Crippen LogP) is 3.25. The summed E-state index contributed by atoms with van der Waals surface area (Å²) in [6.45, 7) is 11.5. The van der Waals surface area contributed by atoms with Gasteiger partial charge in [0.15, 0.2) is 5.11 Å². The average molecular weight is 321 g/mol. The Balaban J connectivity index is 2.14. The van der Waals surface area contributed by atoms with Gasteiger partial charge >= 0.3 is 0 Å². The molecule has 0 aliphatic carbocycles. The number of hydrogen-bond donors (Lipinski definition) is 2. The molecule has 2 heterocycles. The zero-order valence-electron chi connectivity index (χ0n) is 14.2. The molecular formula is C16H27N5S. The highest BCUT2D eigenvalue weighted by Gasteiger charge is 2.21. The van der Waals surface area contributed by atoms with Crippen molar-refractivity contribution in [3.63, 3.8) is 0 Å². The van der Waals surface area contributed by atoms with Crippen molar-refractivity contribution < 1.29 is 0 Å². The molecule has 5 nitrogen and oxygen atoms in total. The number of piperidine rings is 1. The van der Waals surface area contributed by atoms with E-state index in [2.05, 4.69) is 53.2 Å². The highest BCUT2D eigenvalue weighted by atomic mass is 32.1. The number of anilines is 2. The van der Waals surface area contributed by atoms with Crippen LogP contribution in [0.4, 0.5) is 11.8 Å². The van der Waals surface area contributed by atoms with Crippen LogP contribution in [0.2, 0.25) is 0 Å². The van der Waals surface area contributed by atoms with Crippen molar-refractivity contribution in [2.45, 2.75) is 65.5 Å². The van der Waals surface area contributed by atoms with E-state index in [1.54, 1.807) is 0 Å². The van der Waals surface area contributed by atoms with Crippen molar-refractivity contribution in [3.8, 4) is 0 Å². The Morgan fingerprint density at radius 1 is 1.32 bits per heavy atom. The zero-order chi connectivity index (χ0) is 16.3. The van der Waals surface area contributed by atoms with E-state index < -0.39 is 0 Å². The van der Waals surface area contributed by atoms with Gasteiger partial charge in [-0.2, -0.15) is 4.98 Å². The van der Waals surface area contributed by atoms with Crippen LogP contribution in [0.5, 0.6) is 0 Å². The molecule has 1 aliphatic heterocycles. The summed E-state index contributed by atoms with van der Waals surface area (Å²) in [5.41, 5.74) is 0.863. The van der Waals surface area contributed by atoms with Crippen molar-refractivity contribution >= 4 is 29.1 Å². The lowest BCUT2D eigenvalue weighted by Crippen LogP contribution is -2.43. The fourth-order valence-electron chi connectivity index (χ4n) is 2.67. The quantitative estimate of drug-likeness (QED) is 0.816. The van der Waals surface area contributed by atoms with E-state index in [-0.39, 0.29) is 5.54 Å². The van der Waals surface area contributed by atoms with Crippen molar-refractivity contribution in [1.82, 2.24) is 15.3 Å². The lowest BCUT2D eigenvalue weighted by Gasteiger charge is -2.34. The summed E-state index contributed by atoms with van der Waals surface area (Å²) < 4.78 is 0. The normalized spacial score (nSPS) is 19.0. The molecule has 0 amide bonds. The van der Waals surface area contributed by atoms with Crippen LogP contribution in [0.1, 0.15) is 52.7 Å². The summed E-state index contributed by atoms with van der Waals surface area (Å²) in [6, 6.07) is 2.57. The van der Waals surface area contributed by atoms with Crippen LogP contribution in [0, 0.1) is 6.92 Å². The molecule has 2 rings (SSSR count). The SMILES string of the molecule is Cc1cc(N2CCCCC2C)nc(NC(=S)NC(C)(C)C)n1. The number of aryl methyl sites for hydroxylation is 1. The standard InChI is InChI=1S/C16H27N5S/c1-11-10-13(21-9-7-6-8-12(21)2)18-14(17-11)19-15(22)20-16(3,4)5/h10,12H,6-9H2,1-5H3,(H2,17,18,19,20,22). The lowest BCUT2D eigenvalue weighted by atomic mass is 10.0. The van der Waals surface area contributed by atoms with E-state index in [9.17, 15) is 0 Å². The molecule has 2 N–H and O–H groups in total. The number of nitrogens with zero attached hydrogens (tertiary/aromatic N) is 3. The highest BCUT2D eigenvalue weighted by Crippen LogP contribution is 2.24. The van der Waals surface area contributed by atoms with Crippen LogP contribution in [0.25, 0.3) is 0 Å². The Labute approximate surface area is 138 Å². The van der Waals surface area contributed by atoms with Gasteiger partial charge in [-0.1, -0.05) is 0 Å². The number of thiocarbonyl (C=S) groups is 1. The third-order valence-corrected chi connectivity index (χ3v) is 3.86. The maximum Gasteiger partial charge on any atom is 0.231 e. The second-order valence-electron chi connectivity index (χ2n) is 7.06. The molecule has 1 aromatic rings. The first-order valence-electron chi connectivity index (χ1n) is 7.96. The van der Waals surface area contributed by atoms with Crippen LogP contribution in [0.15, 0.2) is 6.07 Å². The molecule has 1 unspecified atom stereocenters. The van der Waals surface area contributed by atoms with Gasteiger partial charge in [0.25, 0.3) is 0 Å². The third kappa shape index (κ3) is 4.80. The molecule has 122 valence electrons. The van der Waals surface area contributed by atoms with Crippen molar-refractivity contribution in [3.05, 3.63) is 11.8 Å². The second-order valence-corrected chi connectivity index (χ2v) is 7.47. The van der Waals surface area contributed by atoms with Crippen molar-refractivity contribution in [2.24, 2.45) is 0 Å². The molecule has 6 heteroatoms. The van der Waals surface area contributed by atoms with E-state index in [1.807, 2.05) is 13.0 Å². The maximum atomic E-state index is 5.33. The van der Waals surface area contributed by atoms with Gasteiger partial charge in [0.2, 0.25) is 5.95 Å². The molecule has 1 aromatic heterocycles. The van der Waals surface area contributed by atoms with Gasteiger partial charge < -0.3 is 15.5 Å². The van der Waals surface area contributed by atoms with E-state index in [4.69, 9.17) is 12.2 Å². The van der Waals surface area contributed by atoms with Gasteiger partial charge in [-0.15, -0.1) is 0 Å². The topological polar surface area (TPSA) is 53.1 Å². The third-order valence-electron chi connectivity index (χ3n) is 3.65. The Morgan fingerprint density at radius 2 is 2.05 bits per heavy atom. The van der Waals surface area contributed by atoms with Gasteiger partial charge in [0.1, 0.15) is 5.82 Å². The van der Waals surface area contributed by atoms with Crippen LogP contribution in [-0.2, 0) is 0 Å². The largest absolute Gasteiger partial charge is 0.358 e. The summed E-state index contributed by atoms with van der Waals surface area (Å²) in [6.07, 6.45) is 3.74. The second kappa shape index (κ2) is 6.77. The summed E-state index contributed by atoms with van der Waals surface area (Å²) >= 11 is 5.33. The maximum absolute atomic E-state index is 5.33. The van der Waals surface area contributed by atoms with E-state index in [0.717, 1.165) is 18.1 Å². The van der Waals surface area contributed by atoms with Gasteiger partial charge in [0, 0.05) is 29.9 Å². The smallest absolute Gasteiger partial charge is 0.231 e. The van der Waals surface area contributed by atoms with Crippen molar-refractivity contribution in [2.75, 3.05) is 16.8 Å². The van der Waals surface area contributed by atoms with Crippen LogP contribution in [0.3, 0.4) is 0 Å². The molecule has 0 spiro atoms. The van der Waals surface area contributed by atoms with E-state index in [0.29, 0.717) is 17.1 Å². The molecule has 1 atom stereocenters. The summed E-state index contributed by atoms with van der Waals surface area (Å²) in [5.74, 6) is 1.55. The molecular weight excluding hydrogens is 294 g/mol. The Bertz CT molecular complexity index is 538. The minimum atomic E-state index is -0.0852. The Hall–Kier alpha value is -1.43. The van der Waals surface area contributed by atoms with Crippen LogP contribution < -0.4 is 15.5 Å². The van der Waals surface area contributed by atoms with Gasteiger partial charge in [-0.3, -0.25) is 0 Å². The first-order valence-corrected chi connectivity index (χ1v) is 8.37. The van der Waals surface area contributed by atoms with Crippen LogP contribution >= 0.6 is 12.2 Å². The molecule has 1 saturated heterocycles. The lowest BCUT2D eigenvalue weighted by molar-refractivity contribution is 0.481. The number of rotatable bonds is 2. The Morgan fingerprint density at radius 3 is 2.68 bits per heavy atom. The molecule has 1 aliphatic rings. The first kappa shape index (κ1) is 16.9. The highest BCUT2D eigenvalue weighted by molar-refractivity contribution is 7.80. The minimum Gasteiger partial charge on any atom is -0.358 e. The number of nitrogens with one attached hydrogen (secondary N) is 2. The molecule has 0 bridgehead atoms. The first-order chi connectivity index (χ1) is 10.2. The fraction of sp³-hybridized carbons (Fsp3) is 0.688. The fourth-order valence-corrected chi connectivity index (χ4v) is 3.06. The summed E-state index contributed by atoms with van der Waals surface area (Å²) in [4.78, 5) is 11.5. The number of hydrogen-bond acceptors (Lipinski definition) is 4. The van der Waals surface area contributed by atoms with Gasteiger partial charge in [-0.25, -0.2) is 4.98 Å². The van der Waals surface area contributed by atoms with Gasteiger partial charge in [-0.05, 0) is 66.1 Å². The van der Waals surface area contributed by atoms with Crippen LogP contribution in [-0.4, -0.2) is 33.2 Å².